The number of benzene rings is 2. The molecule has 0 spiro atoms. The Kier molecular flexibility index (Phi) is 5.74. The second-order valence-corrected chi connectivity index (χ2v) is 6.95. The average Bonchev–Trinajstić information content (AvgIpc) is 2.86. The van der Waals surface area contributed by atoms with Crippen molar-refractivity contribution in [2.75, 3.05) is 13.2 Å². The maximum Gasteiger partial charge on any atom is 0.257 e. The smallest absolute Gasteiger partial charge is 0.257 e. The molecule has 3 aromatic rings. The number of para-hydroxylation sites is 1. The molecule has 4 nitrogen and oxygen atoms in total. The molecule has 0 bridgehead atoms. The molecule has 2 aromatic carbocycles. The average molecular weight is 391 g/mol. The van der Waals surface area contributed by atoms with Gasteiger partial charge in [0.15, 0.2) is 6.61 Å². The van der Waals surface area contributed by atoms with Crippen molar-refractivity contribution in [3.05, 3.63) is 63.8 Å². The third-order valence-electron chi connectivity index (χ3n) is 4.48. The number of hydrogen-bond acceptors (Lipinski definition) is 2. The van der Waals surface area contributed by atoms with Gasteiger partial charge in [-0.15, -0.1) is 0 Å². The second-order valence-electron chi connectivity index (χ2n) is 6.10. The number of carbonyl (C=O) groups excluding carboxylic acids is 1. The summed E-state index contributed by atoms with van der Waals surface area (Å²) in [6.45, 7) is 2.56. The van der Waals surface area contributed by atoms with Gasteiger partial charge in [-0.25, -0.2) is 0 Å². The summed E-state index contributed by atoms with van der Waals surface area (Å²) in [5.41, 5.74) is 3.67. The van der Waals surface area contributed by atoms with E-state index in [0.29, 0.717) is 22.3 Å². The van der Waals surface area contributed by atoms with Crippen LogP contribution in [0.15, 0.2) is 42.5 Å². The van der Waals surface area contributed by atoms with Gasteiger partial charge < -0.3 is 14.6 Å². The van der Waals surface area contributed by atoms with Crippen molar-refractivity contribution in [2.24, 2.45) is 7.05 Å². The third-order valence-corrected chi connectivity index (χ3v) is 5.01. The molecular weight excluding hydrogens is 371 g/mol. The Bertz CT molecular complexity index is 950. The molecule has 0 unspecified atom stereocenters. The number of ether oxygens (including phenoxy) is 1. The normalized spacial score (nSPS) is 10.9. The number of halogens is 2. The summed E-state index contributed by atoms with van der Waals surface area (Å²) in [6.07, 6.45) is 0.765. The van der Waals surface area contributed by atoms with E-state index in [2.05, 4.69) is 36.0 Å². The van der Waals surface area contributed by atoms with Crippen molar-refractivity contribution in [1.29, 1.82) is 0 Å². The molecule has 6 heteroatoms. The molecule has 0 radical (unpaired) electrons. The number of rotatable bonds is 6. The summed E-state index contributed by atoms with van der Waals surface area (Å²) in [5, 5.41) is 5.03. The van der Waals surface area contributed by atoms with Gasteiger partial charge in [-0.3, -0.25) is 4.79 Å². The Labute approximate surface area is 162 Å². The van der Waals surface area contributed by atoms with Crippen LogP contribution in [0.5, 0.6) is 5.75 Å². The van der Waals surface area contributed by atoms with E-state index >= 15 is 0 Å². The van der Waals surface area contributed by atoms with Crippen LogP contribution in [0.25, 0.3) is 10.9 Å². The van der Waals surface area contributed by atoms with Crippen LogP contribution < -0.4 is 10.1 Å². The Morgan fingerprint density at radius 3 is 2.73 bits per heavy atom. The number of nitrogens with one attached hydrogen (secondary N) is 1. The first-order valence-electron chi connectivity index (χ1n) is 8.35. The summed E-state index contributed by atoms with van der Waals surface area (Å²) in [4.78, 5) is 12.0. The largest absolute Gasteiger partial charge is 0.482 e. The number of aryl methyl sites for hydroxylation is 1. The van der Waals surface area contributed by atoms with Gasteiger partial charge >= 0.3 is 0 Å². The molecule has 136 valence electrons. The fourth-order valence-corrected chi connectivity index (χ4v) is 3.49. The summed E-state index contributed by atoms with van der Waals surface area (Å²) in [7, 11) is 2.06. The fraction of sp³-hybridized carbons (Fsp3) is 0.250. The van der Waals surface area contributed by atoms with E-state index in [4.69, 9.17) is 27.9 Å². The van der Waals surface area contributed by atoms with E-state index in [1.165, 1.54) is 22.2 Å². The van der Waals surface area contributed by atoms with Crippen LogP contribution in [0.1, 0.15) is 11.3 Å². The first-order valence-corrected chi connectivity index (χ1v) is 9.10. The highest BCUT2D eigenvalue weighted by Gasteiger charge is 2.12. The zero-order chi connectivity index (χ0) is 18.7. The molecule has 0 saturated heterocycles. The minimum absolute atomic E-state index is 0.0874. The summed E-state index contributed by atoms with van der Waals surface area (Å²) < 4.78 is 7.63. The number of amides is 1. The monoisotopic (exact) mass is 390 g/mol. The molecule has 1 heterocycles. The minimum Gasteiger partial charge on any atom is -0.482 e. The van der Waals surface area contributed by atoms with Crippen molar-refractivity contribution < 1.29 is 9.53 Å². The number of aromatic nitrogens is 1. The topological polar surface area (TPSA) is 43.3 Å². The van der Waals surface area contributed by atoms with Crippen LogP contribution in [0, 0.1) is 6.92 Å². The number of fused-ring (bicyclic) bond motifs is 1. The van der Waals surface area contributed by atoms with Crippen LogP contribution in [-0.4, -0.2) is 23.6 Å². The van der Waals surface area contributed by atoms with Crippen LogP contribution >= 0.6 is 23.2 Å². The lowest BCUT2D eigenvalue weighted by Crippen LogP contribution is -2.30. The molecule has 1 N–H and O–H groups in total. The highest BCUT2D eigenvalue weighted by atomic mass is 35.5. The summed E-state index contributed by atoms with van der Waals surface area (Å²) in [5.74, 6) is 0.255. The van der Waals surface area contributed by atoms with Gasteiger partial charge in [0.05, 0.1) is 5.02 Å². The Morgan fingerprint density at radius 1 is 1.19 bits per heavy atom. The quantitative estimate of drug-likeness (QED) is 0.671. The molecule has 26 heavy (non-hydrogen) atoms. The number of carbonyl (C=O) groups is 1. The minimum atomic E-state index is -0.186. The van der Waals surface area contributed by atoms with Crippen LogP contribution in [0.3, 0.4) is 0 Å². The highest BCUT2D eigenvalue weighted by Crippen LogP contribution is 2.27. The van der Waals surface area contributed by atoms with Crippen molar-refractivity contribution in [2.45, 2.75) is 13.3 Å². The molecular formula is C20H20Cl2N2O2. The van der Waals surface area contributed by atoms with Crippen molar-refractivity contribution >= 4 is 40.0 Å². The van der Waals surface area contributed by atoms with E-state index < -0.39 is 0 Å². The van der Waals surface area contributed by atoms with E-state index in [9.17, 15) is 4.79 Å². The van der Waals surface area contributed by atoms with E-state index in [1.807, 2.05) is 12.1 Å². The van der Waals surface area contributed by atoms with Crippen molar-refractivity contribution in [1.82, 2.24) is 9.88 Å². The first kappa shape index (κ1) is 18.6. The Morgan fingerprint density at radius 2 is 1.96 bits per heavy atom. The molecule has 0 saturated carbocycles. The molecule has 1 aromatic heterocycles. The lowest BCUT2D eigenvalue weighted by atomic mass is 10.1. The lowest BCUT2D eigenvalue weighted by molar-refractivity contribution is -0.123. The van der Waals surface area contributed by atoms with Gasteiger partial charge in [0.1, 0.15) is 5.75 Å². The molecule has 0 fully saturated rings. The molecule has 0 aliphatic carbocycles. The summed E-state index contributed by atoms with van der Waals surface area (Å²) >= 11 is 11.9. The van der Waals surface area contributed by atoms with E-state index in [0.717, 1.165) is 6.42 Å². The predicted octanol–water partition coefficient (Wildman–Crippen LogP) is 4.53. The van der Waals surface area contributed by atoms with Gasteiger partial charge in [0.25, 0.3) is 5.91 Å². The van der Waals surface area contributed by atoms with E-state index in [-0.39, 0.29) is 12.5 Å². The molecule has 1 amide bonds. The zero-order valence-corrected chi connectivity index (χ0v) is 16.2. The number of hydrogen-bond donors (Lipinski definition) is 1. The van der Waals surface area contributed by atoms with E-state index in [1.54, 1.807) is 18.2 Å². The molecule has 3 rings (SSSR count). The Balaban J connectivity index is 1.55. The predicted molar refractivity (Wildman–Crippen MR) is 106 cm³/mol. The van der Waals surface area contributed by atoms with Gasteiger partial charge in [-0.05, 0) is 43.2 Å². The zero-order valence-electron chi connectivity index (χ0n) is 14.7. The summed E-state index contributed by atoms with van der Waals surface area (Å²) in [6, 6.07) is 13.2. The highest BCUT2D eigenvalue weighted by molar-refractivity contribution is 6.35. The first-order chi connectivity index (χ1) is 12.5. The SMILES string of the molecule is Cc1c(CCNC(=O)COc2ccc(Cl)cc2Cl)c2ccccc2n1C. The Hall–Kier alpha value is -2.17. The molecule has 0 aliphatic heterocycles. The fourth-order valence-electron chi connectivity index (χ4n) is 3.03. The van der Waals surface area contributed by atoms with Crippen molar-refractivity contribution in [3.63, 3.8) is 0 Å². The van der Waals surface area contributed by atoms with Gasteiger partial charge in [-0.1, -0.05) is 41.4 Å². The number of nitrogens with zero attached hydrogens (tertiary/aromatic N) is 1. The van der Waals surface area contributed by atoms with Crippen molar-refractivity contribution in [3.8, 4) is 5.75 Å². The van der Waals surface area contributed by atoms with Crippen LogP contribution in [0.4, 0.5) is 0 Å². The maximum atomic E-state index is 12.0. The third kappa shape index (κ3) is 3.97. The molecule has 0 atom stereocenters. The lowest BCUT2D eigenvalue weighted by Gasteiger charge is -2.09. The van der Waals surface area contributed by atoms with Gasteiger partial charge in [-0.2, -0.15) is 0 Å². The standard InChI is InChI=1S/C20H20Cl2N2O2/c1-13-15(16-5-3-4-6-18(16)24(13)2)9-10-23-20(25)12-26-19-8-7-14(21)11-17(19)22/h3-8,11H,9-10,12H2,1-2H3,(H,23,25). The second kappa shape index (κ2) is 8.02. The van der Waals surface area contributed by atoms with Crippen LogP contribution in [-0.2, 0) is 18.3 Å². The maximum absolute atomic E-state index is 12.0. The van der Waals surface area contributed by atoms with Gasteiger partial charge in [0.2, 0.25) is 0 Å². The molecule has 0 aliphatic rings. The van der Waals surface area contributed by atoms with Gasteiger partial charge in [0, 0.05) is 35.2 Å². The van der Waals surface area contributed by atoms with Crippen LogP contribution in [0.2, 0.25) is 10.0 Å².